The van der Waals surface area contributed by atoms with Crippen molar-refractivity contribution in [3.8, 4) is 22.9 Å². The molecule has 15 heteroatoms. The van der Waals surface area contributed by atoms with Gasteiger partial charge in [0.25, 0.3) is 0 Å². The molecule has 0 saturated heterocycles. The van der Waals surface area contributed by atoms with E-state index in [1.165, 1.54) is 29.6 Å². The summed E-state index contributed by atoms with van der Waals surface area (Å²) in [5.41, 5.74) is -2.94. The van der Waals surface area contributed by atoms with E-state index in [9.17, 15) is 33.1 Å². The molecule has 0 aliphatic heterocycles. The van der Waals surface area contributed by atoms with Crippen molar-refractivity contribution in [2.45, 2.75) is 39.5 Å². The number of carbonyl (C=O) groups excluding carboxylic acids is 1. The molecule has 44 heavy (non-hydrogen) atoms. The summed E-state index contributed by atoms with van der Waals surface area (Å²) in [6.45, 7) is 6.72. The number of nitrogens with zero attached hydrogens (tertiary/aromatic N) is 6. The molecular formula is C29H23F4N7O4. The Morgan fingerprint density at radius 3 is 2.48 bits per heavy atom. The highest BCUT2D eigenvalue weighted by molar-refractivity contribution is 6.16. The van der Waals surface area contributed by atoms with Gasteiger partial charge in [0.05, 0.1) is 27.8 Å². The second kappa shape index (κ2) is 10.6. The second-order valence-electron chi connectivity index (χ2n) is 10.7. The number of nitrogens with one attached hydrogen (secondary N) is 1. The van der Waals surface area contributed by atoms with Gasteiger partial charge in [-0.05, 0) is 45.9 Å². The lowest BCUT2D eigenvalue weighted by Crippen LogP contribution is -2.37. The van der Waals surface area contributed by atoms with Gasteiger partial charge in [0.2, 0.25) is 0 Å². The Morgan fingerprint density at radius 2 is 1.89 bits per heavy atom. The Labute approximate surface area is 246 Å². The standard InChI is InChI=1S/C29H23F4N7O4/c1-5-39(27(43)44-28(2,3)4)20-8-16(30)7-17-21-23(40-13-19(26(41)42)24(38-40)29(31,32)33)18(12-36-25(21)37-22(17)20)15-6-14(9-34)10-35-11-15/h6-8,10-13H,5H2,1-4H3,(H,36,37)(H,41,42). The molecule has 1 aromatic carbocycles. The number of aromatic amines is 1. The highest BCUT2D eigenvalue weighted by Crippen LogP contribution is 2.41. The van der Waals surface area contributed by atoms with Crippen molar-refractivity contribution < 1.29 is 37.0 Å². The quantitative estimate of drug-likeness (QED) is 0.216. The first kappa shape index (κ1) is 30.0. The molecule has 1 amide bonds. The van der Waals surface area contributed by atoms with E-state index in [0.717, 1.165) is 16.8 Å². The lowest BCUT2D eigenvalue weighted by molar-refractivity contribution is -0.141. The first-order valence-corrected chi connectivity index (χ1v) is 13.0. The summed E-state index contributed by atoms with van der Waals surface area (Å²) in [5.74, 6) is -2.66. The number of anilines is 1. The minimum atomic E-state index is -5.12. The minimum absolute atomic E-state index is 0.0639. The summed E-state index contributed by atoms with van der Waals surface area (Å²) in [5, 5.41) is 22.8. The number of aromatic nitrogens is 5. The first-order chi connectivity index (χ1) is 20.6. The van der Waals surface area contributed by atoms with Gasteiger partial charge in [-0.15, -0.1) is 0 Å². The predicted molar refractivity (Wildman–Crippen MR) is 150 cm³/mol. The molecule has 0 aliphatic carbocycles. The van der Waals surface area contributed by atoms with Gasteiger partial charge in [-0.3, -0.25) is 9.88 Å². The van der Waals surface area contributed by atoms with Crippen LogP contribution in [-0.2, 0) is 10.9 Å². The normalized spacial score (nSPS) is 12.0. The van der Waals surface area contributed by atoms with E-state index in [0.29, 0.717) is 6.20 Å². The predicted octanol–water partition coefficient (Wildman–Crippen LogP) is 6.45. The number of H-pyrrole nitrogens is 1. The number of fused-ring (bicyclic) bond motifs is 3. The van der Waals surface area contributed by atoms with E-state index in [1.54, 1.807) is 27.7 Å². The Morgan fingerprint density at radius 1 is 1.16 bits per heavy atom. The summed E-state index contributed by atoms with van der Waals surface area (Å²) >= 11 is 0. The molecule has 226 valence electrons. The SMILES string of the molecule is CCN(C(=O)OC(C)(C)C)c1cc(F)cc2c1[nH]c1ncc(-c3cncc(C#N)c3)c(-n3cc(C(=O)O)c(C(F)(F)F)n3)c12. The van der Waals surface area contributed by atoms with Crippen molar-refractivity contribution in [3.05, 3.63) is 65.6 Å². The van der Waals surface area contributed by atoms with Crippen LogP contribution in [-0.4, -0.2) is 54.0 Å². The minimum Gasteiger partial charge on any atom is -0.478 e. The average molecular weight is 610 g/mol. The fourth-order valence-electron chi connectivity index (χ4n) is 4.77. The molecule has 0 bridgehead atoms. The number of ether oxygens (including phenoxy) is 1. The van der Waals surface area contributed by atoms with Gasteiger partial charge < -0.3 is 14.8 Å². The Bertz CT molecular complexity index is 2000. The second-order valence-corrected chi connectivity index (χ2v) is 10.7. The maximum Gasteiger partial charge on any atom is 0.436 e. The Kier molecular flexibility index (Phi) is 7.24. The topological polar surface area (TPSA) is 150 Å². The largest absolute Gasteiger partial charge is 0.478 e. The zero-order valence-electron chi connectivity index (χ0n) is 23.6. The number of aromatic carboxylic acids is 1. The van der Waals surface area contributed by atoms with Crippen LogP contribution in [0, 0.1) is 17.1 Å². The zero-order chi connectivity index (χ0) is 32.1. The number of amides is 1. The van der Waals surface area contributed by atoms with Gasteiger partial charge in [-0.2, -0.15) is 23.5 Å². The molecule has 5 aromatic rings. The molecule has 0 spiro atoms. The number of rotatable bonds is 5. The highest BCUT2D eigenvalue weighted by Gasteiger charge is 2.40. The number of benzene rings is 1. The maximum absolute atomic E-state index is 15.3. The molecule has 0 fully saturated rings. The van der Waals surface area contributed by atoms with Crippen LogP contribution in [0.15, 0.2) is 43.0 Å². The van der Waals surface area contributed by atoms with Gasteiger partial charge >= 0.3 is 18.2 Å². The van der Waals surface area contributed by atoms with E-state index >= 15 is 4.39 Å². The van der Waals surface area contributed by atoms with Crippen LogP contribution in [0.1, 0.15) is 49.3 Å². The third kappa shape index (κ3) is 5.37. The maximum atomic E-state index is 15.3. The van der Waals surface area contributed by atoms with Crippen LogP contribution in [0.2, 0.25) is 0 Å². The fourth-order valence-corrected chi connectivity index (χ4v) is 4.77. The van der Waals surface area contributed by atoms with E-state index < -0.39 is 40.9 Å². The van der Waals surface area contributed by atoms with Gasteiger partial charge in [0.1, 0.15) is 28.7 Å². The lowest BCUT2D eigenvalue weighted by atomic mass is 10.0. The summed E-state index contributed by atoms with van der Waals surface area (Å²) in [6, 6.07) is 5.54. The highest BCUT2D eigenvalue weighted by atomic mass is 19.4. The van der Waals surface area contributed by atoms with Crippen molar-refractivity contribution in [2.75, 3.05) is 11.4 Å². The van der Waals surface area contributed by atoms with Crippen molar-refractivity contribution in [3.63, 3.8) is 0 Å². The molecule has 0 saturated carbocycles. The molecule has 5 rings (SSSR count). The number of hydrogen-bond donors (Lipinski definition) is 2. The van der Waals surface area contributed by atoms with Crippen LogP contribution in [0.3, 0.4) is 0 Å². The van der Waals surface area contributed by atoms with Gasteiger partial charge in [0, 0.05) is 47.8 Å². The molecule has 0 atom stereocenters. The molecule has 2 N–H and O–H groups in total. The molecule has 4 heterocycles. The van der Waals surface area contributed by atoms with Crippen molar-refractivity contribution in [2.24, 2.45) is 0 Å². The summed E-state index contributed by atoms with van der Waals surface area (Å²) in [6.07, 6.45) is -1.31. The number of carbonyl (C=O) groups is 2. The molecule has 4 aromatic heterocycles. The number of hydrogen-bond acceptors (Lipinski definition) is 7. The molecule has 11 nitrogen and oxygen atoms in total. The Balaban J connectivity index is 1.90. The number of alkyl halides is 3. The summed E-state index contributed by atoms with van der Waals surface area (Å²) in [7, 11) is 0. The lowest BCUT2D eigenvalue weighted by Gasteiger charge is -2.27. The van der Waals surface area contributed by atoms with E-state index in [2.05, 4.69) is 20.1 Å². The van der Waals surface area contributed by atoms with Gasteiger partial charge in [-0.25, -0.2) is 23.6 Å². The Hall–Kier alpha value is -5.52. The van der Waals surface area contributed by atoms with Gasteiger partial charge in [-0.1, -0.05) is 0 Å². The van der Waals surface area contributed by atoms with Crippen LogP contribution in [0.25, 0.3) is 38.8 Å². The van der Waals surface area contributed by atoms with E-state index in [1.807, 2.05) is 6.07 Å². The van der Waals surface area contributed by atoms with Crippen molar-refractivity contribution in [1.29, 1.82) is 5.26 Å². The average Bonchev–Trinajstić information content (AvgIpc) is 3.55. The third-order valence-electron chi connectivity index (χ3n) is 6.49. The fraction of sp³-hybridized carbons (Fsp3) is 0.241. The van der Waals surface area contributed by atoms with Crippen LogP contribution < -0.4 is 4.90 Å². The molecule has 0 aliphatic rings. The molecule has 0 radical (unpaired) electrons. The molecule has 0 unspecified atom stereocenters. The summed E-state index contributed by atoms with van der Waals surface area (Å²) in [4.78, 5) is 37.5. The van der Waals surface area contributed by atoms with Crippen LogP contribution in [0.4, 0.5) is 28.0 Å². The van der Waals surface area contributed by atoms with Crippen molar-refractivity contribution >= 4 is 39.7 Å². The zero-order valence-corrected chi connectivity index (χ0v) is 23.6. The monoisotopic (exact) mass is 609 g/mol. The number of pyridine rings is 2. The third-order valence-corrected chi connectivity index (χ3v) is 6.49. The van der Waals surface area contributed by atoms with Crippen molar-refractivity contribution in [1.82, 2.24) is 24.7 Å². The first-order valence-electron chi connectivity index (χ1n) is 13.0. The number of carboxylic acids is 1. The van der Waals surface area contributed by atoms with Gasteiger partial charge in [0.15, 0.2) is 5.69 Å². The number of halogens is 4. The number of carboxylic acid groups (broad SMARTS) is 1. The van der Waals surface area contributed by atoms with E-state index in [-0.39, 0.29) is 56.5 Å². The molecular weight excluding hydrogens is 586 g/mol. The van der Waals surface area contributed by atoms with Crippen LogP contribution in [0.5, 0.6) is 0 Å². The van der Waals surface area contributed by atoms with Crippen LogP contribution >= 0.6 is 0 Å². The van der Waals surface area contributed by atoms with E-state index in [4.69, 9.17) is 4.74 Å². The summed E-state index contributed by atoms with van der Waals surface area (Å²) < 4.78 is 63.2. The smallest absolute Gasteiger partial charge is 0.436 e. The number of nitriles is 1.